The van der Waals surface area contributed by atoms with E-state index < -0.39 is 0 Å². The van der Waals surface area contributed by atoms with Crippen LogP contribution in [0.5, 0.6) is 0 Å². The molecule has 1 unspecified atom stereocenters. The van der Waals surface area contributed by atoms with E-state index in [2.05, 4.69) is 21.7 Å². The molecule has 2 nitrogen and oxygen atoms in total. The monoisotopic (exact) mass is 293 g/mol. The molecule has 0 saturated carbocycles. The van der Waals surface area contributed by atoms with Crippen LogP contribution in [0.4, 0.5) is 4.39 Å². The van der Waals surface area contributed by atoms with Crippen molar-refractivity contribution < 1.29 is 9.50 Å². The van der Waals surface area contributed by atoms with Gasteiger partial charge in [0.1, 0.15) is 5.82 Å². The lowest BCUT2D eigenvalue weighted by Crippen LogP contribution is -2.31. The van der Waals surface area contributed by atoms with Gasteiger partial charge in [-0.2, -0.15) is 11.3 Å². The van der Waals surface area contributed by atoms with E-state index in [1.54, 1.807) is 23.5 Å². The number of halogens is 1. The molecule has 0 spiro atoms. The molecule has 0 aliphatic carbocycles. The van der Waals surface area contributed by atoms with Gasteiger partial charge >= 0.3 is 0 Å². The van der Waals surface area contributed by atoms with Crippen LogP contribution in [0.25, 0.3) is 0 Å². The van der Waals surface area contributed by atoms with Crippen LogP contribution < -0.4 is 0 Å². The number of aliphatic hydroxyl groups excluding tert-OH is 1. The van der Waals surface area contributed by atoms with Crippen molar-refractivity contribution in [1.29, 1.82) is 0 Å². The summed E-state index contributed by atoms with van der Waals surface area (Å²) < 4.78 is 12.9. The molecule has 2 aromatic rings. The van der Waals surface area contributed by atoms with E-state index in [-0.39, 0.29) is 11.9 Å². The van der Waals surface area contributed by atoms with Crippen molar-refractivity contribution >= 4 is 11.3 Å². The lowest BCUT2D eigenvalue weighted by molar-refractivity contribution is 0.101. The van der Waals surface area contributed by atoms with Gasteiger partial charge in [-0.15, -0.1) is 0 Å². The standard InChI is InChI=1S/C16H20FNOS/c1-2-16(19)11-18(10-14-7-8-20-12-14)9-13-3-5-15(17)6-4-13/h3-8,12,16,19H,2,9-11H2,1H3. The van der Waals surface area contributed by atoms with Crippen molar-refractivity contribution in [3.8, 4) is 0 Å². The molecule has 0 fully saturated rings. The van der Waals surface area contributed by atoms with Crippen molar-refractivity contribution in [1.82, 2.24) is 4.90 Å². The fourth-order valence-corrected chi connectivity index (χ4v) is 2.76. The number of hydrogen-bond acceptors (Lipinski definition) is 3. The van der Waals surface area contributed by atoms with Gasteiger partial charge in [-0.05, 0) is 46.5 Å². The van der Waals surface area contributed by atoms with Crippen molar-refractivity contribution in [2.24, 2.45) is 0 Å². The summed E-state index contributed by atoms with van der Waals surface area (Å²) in [6, 6.07) is 8.66. The Labute approximate surface area is 123 Å². The molecule has 0 aliphatic rings. The zero-order valence-corrected chi connectivity index (χ0v) is 12.4. The van der Waals surface area contributed by atoms with Crippen LogP contribution in [0.3, 0.4) is 0 Å². The minimum absolute atomic E-state index is 0.216. The van der Waals surface area contributed by atoms with Crippen LogP contribution in [0.1, 0.15) is 24.5 Å². The quantitative estimate of drug-likeness (QED) is 0.842. The molecular weight excluding hydrogens is 273 g/mol. The van der Waals surface area contributed by atoms with Gasteiger partial charge in [-0.3, -0.25) is 4.90 Å². The first-order chi connectivity index (χ1) is 9.67. The van der Waals surface area contributed by atoms with Crippen LogP contribution in [0.2, 0.25) is 0 Å². The fraction of sp³-hybridized carbons (Fsp3) is 0.375. The molecule has 20 heavy (non-hydrogen) atoms. The van der Waals surface area contributed by atoms with E-state index in [1.807, 2.05) is 6.92 Å². The zero-order valence-electron chi connectivity index (χ0n) is 11.6. The Bertz CT molecular complexity index is 498. The van der Waals surface area contributed by atoms with Gasteiger partial charge in [-0.1, -0.05) is 19.1 Å². The van der Waals surface area contributed by atoms with Gasteiger partial charge in [0, 0.05) is 19.6 Å². The van der Waals surface area contributed by atoms with Crippen molar-refractivity contribution in [2.45, 2.75) is 32.5 Å². The smallest absolute Gasteiger partial charge is 0.123 e. The number of hydrogen-bond donors (Lipinski definition) is 1. The first-order valence-corrected chi connectivity index (χ1v) is 7.77. The normalized spacial score (nSPS) is 12.8. The Morgan fingerprint density at radius 1 is 1.15 bits per heavy atom. The first kappa shape index (κ1) is 15.2. The number of thiophene rings is 1. The van der Waals surface area contributed by atoms with Crippen LogP contribution in [-0.2, 0) is 13.1 Å². The molecule has 4 heteroatoms. The maximum Gasteiger partial charge on any atom is 0.123 e. The van der Waals surface area contributed by atoms with E-state index in [0.717, 1.165) is 18.5 Å². The molecule has 0 radical (unpaired) electrons. The molecule has 108 valence electrons. The SMILES string of the molecule is CCC(O)CN(Cc1ccc(F)cc1)Cc1ccsc1. The van der Waals surface area contributed by atoms with Gasteiger partial charge in [0.15, 0.2) is 0 Å². The Morgan fingerprint density at radius 2 is 1.85 bits per heavy atom. The topological polar surface area (TPSA) is 23.5 Å². The number of aliphatic hydroxyl groups is 1. The first-order valence-electron chi connectivity index (χ1n) is 6.83. The lowest BCUT2D eigenvalue weighted by atomic mass is 10.1. The van der Waals surface area contributed by atoms with Gasteiger partial charge in [-0.25, -0.2) is 4.39 Å². The largest absolute Gasteiger partial charge is 0.392 e. The average Bonchev–Trinajstić information content (AvgIpc) is 2.94. The van der Waals surface area contributed by atoms with Gasteiger partial charge in [0.05, 0.1) is 6.10 Å². The maximum absolute atomic E-state index is 12.9. The summed E-state index contributed by atoms with van der Waals surface area (Å²) in [5.41, 5.74) is 2.31. The highest BCUT2D eigenvalue weighted by atomic mass is 32.1. The Hall–Kier alpha value is -1.23. The molecule has 1 aromatic heterocycles. The number of rotatable bonds is 7. The zero-order chi connectivity index (χ0) is 14.4. The Kier molecular flexibility index (Phi) is 5.71. The van der Waals surface area contributed by atoms with E-state index in [9.17, 15) is 9.50 Å². The van der Waals surface area contributed by atoms with Crippen LogP contribution in [-0.4, -0.2) is 22.7 Å². The predicted molar refractivity (Wildman–Crippen MR) is 81.1 cm³/mol. The van der Waals surface area contributed by atoms with Crippen LogP contribution >= 0.6 is 11.3 Å². The minimum Gasteiger partial charge on any atom is -0.392 e. The second-order valence-corrected chi connectivity index (χ2v) is 5.77. The second kappa shape index (κ2) is 7.53. The summed E-state index contributed by atoms with van der Waals surface area (Å²) in [7, 11) is 0. The summed E-state index contributed by atoms with van der Waals surface area (Å²) in [4.78, 5) is 2.20. The van der Waals surface area contributed by atoms with Crippen molar-refractivity contribution in [2.75, 3.05) is 6.54 Å². The third-order valence-corrected chi connectivity index (χ3v) is 3.98. The third-order valence-electron chi connectivity index (χ3n) is 3.25. The molecule has 0 aliphatic heterocycles. The molecular formula is C16H20FNOS. The Balaban J connectivity index is 2.03. The van der Waals surface area contributed by atoms with E-state index >= 15 is 0 Å². The summed E-state index contributed by atoms with van der Waals surface area (Å²) in [5, 5.41) is 14.1. The molecule has 2 rings (SSSR count). The second-order valence-electron chi connectivity index (χ2n) is 4.99. The van der Waals surface area contributed by atoms with E-state index in [4.69, 9.17) is 0 Å². The third kappa shape index (κ3) is 4.71. The molecule has 0 saturated heterocycles. The Morgan fingerprint density at radius 3 is 2.45 bits per heavy atom. The van der Waals surface area contributed by atoms with Crippen molar-refractivity contribution in [3.05, 3.63) is 58.0 Å². The summed E-state index contributed by atoms with van der Waals surface area (Å²) in [6.45, 7) is 4.13. The molecule has 1 atom stereocenters. The average molecular weight is 293 g/mol. The molecule has 1 heterocycles. The van der Waals surface area contributed by atoms with Gasteiger partial charge in [0.25, 0.3) is 0 Å². The highest BCUT2D eigenvalue weighted by Crippen LogP contribution is 2.14. The summed E-state index contributed by atoms with van der Waals surface area (Å²) in [5.74, 6) is -0.216. The number of benzene rings is 1. The highest BCUT2D eigenvalue weighted by molar-refractivity contribution is 7.07. The van der Waals surface area contributed by atoms with Gasteiger partial charge in [0.2, 0.25) is 0 Å². The molecule has 0 bridgehead atoms. The molecule has 1 aromatic carbocycles. The van der Waals surface area contributed by atoms with Crippen LogP contribution in [0.15, 0.2) is 41.1 Å². The number of nitrogens with zero attached hydrogens (tertiary/aromatic N) is 1. The maximum atomic E-state index is 12.9. The summed E-state index contributed by atoms with van der Waals surface area (Å²) in [6.07, 6.45) is 0.415. The molecule has 0 amide bonds. The minimum atomic E-state index is -0.325. The predicted octanol–water partition coefficient (Wildman–Crippen LogP) is 3.66. The lowest BCUT2D eigenvalue weighted by Gasteiger charge is -2.24. The van der Waals surface area contributed by atoms with Crippen LogP contribution in [0, 0.1) is 5.82 Å². The van der Waals surface area contributed by atoms with E-state index in [1.165, 1.54) is 17.7 Å². The fourth-order valence-electron chi connectivity index (χ4n) is 2.10. The van der Waals surface area contributed by atoms with Gasteiger partial charge < -0.3 is 5.11 Å². The van der Waals surface area contributed by atoms with Crippen molar-refractivity contribution in [3.63, 3.8) is 0 Å². The molecule has 1 N–H and O–H groups in total. The van der Waals surface area contributed by atoms with E-state index in [0.29, 0.717) is 13.1 Å². The highest BCUT2D eigenvalue weighted by Gasteiger charge is 2.12. The summed E-state index contributed by atoms with van der Waals surface area (Å²) >= 11 is 1.68.